The lowest BCUT2D eigenvalue weighted by Crippen LogP contribution is -2.43. The predicted octanol–water partition coefficient (Wildman–Crippen LogP) is 1.11. The second kappa shape index (κ2) is 5.69. The van der Waals surface area contributed by atoms with E-state index in [1.807, 2.05) is 7.05 Å². The summed E-state index contributed by atoms with van der Waals surface area (Å²) in [6, 6.07) is 0. The molecule has 120 valence electrons. The predicted molar refractivity (Wildman–Crippen MR) is 72.4 cm³/mol. The molecule has 0 spiro atoms. The highest BCUT2D eigenvalue weighted by molar-refractivity contribution is 5.82. The van der Waals surface area contributed by atoms with Gasteiger partial charge in [0.25, 0.3) is 0 Å². The molecule has 1 aliphatic heterocycles. The molecule has 3 rings (SSSR count). The van der Waals surface area contributed by atoms with E-state index in [-0.39, 0.29) is 17.6 Å². The van der Waals surface area contributed by atoms with Crippen LogP contribution in [0.25, 0.3) is 11.2 Å². The maximum atomic E-state index is 12.8. The van der Waals surface area contributed by atoms with Crippen molar-refractivity contribution in [2.75, 3.05) is 38.6 Å². The summed E-state index contributed by atoms with van der Waals surface area (Å²) in [5, 5.41) is 2.90. The van der Waals surface area contributed by atoms with E-state index in [0.29, 0.717) is 25.2 Å². The van der Waals surface area contributed by atoms with E-state index in [4.69, 9.17) is 4.74 Å². The van der Waals surface area contributed by atoms with Gasteiger partial charge in [0.05, 0.1) is 19.0 Å². The van der Waals surface area contributed by atoms with E-state index in [1.54, 1.807) is 0 Å². The number of nitrogens with zero attached hydrogens (tertiary/aromatic N) is 4. The summed E-state index contributed by atoms with van der Waals surface area (Å²) < 4.78 is 44.0. The molecule has 1 unspecified atom stereocenters. The van der Waals surface area contributed by atoms with E-state index in [2.05, 4.69) is 30.2 Å². The van der Waals surface area contributed by atoms with Gasteiger partial charge in [-0.25, -0.2) is 15.0 Å². The van der Waals surface area contributed by atoms with E-state index in [9.17, 15) is 13.2 Å². The van der Waals surface area contributed by atoms with Crippen LogP contribution in [0.2, 0.25) is 0 Å². The molecule has 2 aromatic heterocycles. The van der Waals surface area contributed by atoms with Crippen molar-refractivity contribution in [3.05, 3.63) is 12.2 Å². The first kappa shape index (κ1) is 15.0. The SMILES string of the molecule is CN1CCOC(CNc2nc(C(F)(F)F)nc3nc[nH]c23)C1. The van der Waals surface area contributed by atoms with Gasteiger partial charge in [-0.1, -0.05) is 0 Å². The van der Waals surface area contributed by atoms with E-state index < -0.39 is 12.0 Å². The number of anilines is 1. The van der Waals surface area contributed by atoms with Gasteiger partial charge in [-0.3, -0.25) is 0 Å². The lowest BCUT2D eigenvalue weighted by atomic mass is 10.3. The average molecular weight is 316 g/mol. The molecule has 22 heavy (non-hydrogen) atoms. The van der Waals surface area contributed by atoms with Gasteiger partial charge in [-0.15, -0.1) is 0 Å². The summed E-state index contributed by atoms with van der Waals surface area (Å²) >= 11 is 0. The number of nitrogens with one attached hydrogen (secondary N) is 2. The minimum absolute atomic E-state index is 0.0218. The third-order valence-electron chi connectivity index (χ3n) is 3.38. The van der Waals surface area contributed by atoms with Crippen LogP contribution in [0.3, 0.4) is 0 Å². The molecular weight excluding hydrogens is 301 g/mol. The largest absolute Gasteiger partial charge is 0.451 e. The van der Waals surface area contributed by atoms with Gasteiger partial charge in [0.2, 0.25) is 5.82 Å². The Balaban J connectivity index is 1.81. The molecule has 10 heteroatoms. The van der Waals surface area contributed by atoms with Gasteiger partial charge >= 0.3 is 6.18 Å². The Bertz CT molecular complexity index is 658. The lowest BCUT2D eigenvalue weighted by molar-refractivity contribution is -0.144. The number of halogens is 3. The highest BCUT2D eigenvalue weighted by Crippen LogP contribution is 2.29. The lowest BCUT2D eigenvalue weighted by Gasteiger charge is -2.30. The second-order valence-electron chi connectivity index (χ2n) is 5.13. The van der Waals surface area contributed by atoms with Gasteiger partial charge in [-0.2, -0.15) is 13.2 Å². The van der Waals surface area contributed by atoms with E-state index in [1.165, 1.54) is 6.33 Å². The number of rotatable bonds is 3. The van der Waals surface area contributed by atoms with Crippen LogP contribution in [0.1, 0.15) is 5.82 Å². The summed E-state index contributed by atoms with van der Waals surface area (Å²) in [5.74, 6) is -1.14. The standard InChI is InChI=1S/C12H15F3N6O/c1-21-2-3-22-7(5-21)4-16-9-8-10(18-6-17-8)20-11(19-9)12(13,14)15/h6-7H,2-5H2,1H3,(H2,16,17,18,19,20). The number of hydrogen-bond donors (Lipinski definition) is 2. The van der Waals surface area contributed by atoms with Crippen molar-refractivity contribution in [1.82, 2.24) is 24.8 Å². The van der Waals surface area contributed by atoms with Crippen LogP contribution < -0.4 is 5.32 Å². The molecule has 7 nitrogen and oxygen atoms in total. The van der Waals surface area contributed by atoms with E-state index in [0.717, 1.165) is 6.54 Å². The first-order valence-corrected chi connectivity index (χ1v) is 6.76. The van der Waals surface area contributed by atoms with Crippen LogP contribution in [0, 0.1) is 0 Å². The van der Waals surface area contributed by atoms with Crippen LogP contribution in [0.4, 0.5) is 19.0 Å². The quantitative estimate of drug-likeness (QED) is 0.883. The summed E-state index contributed by atoms with van der Waals surface area (Å²) in [4.78, 5) is 15.6. The molecular formula is C12H15F3N6O. The van der Waals surface area contributed by atoms with Crippen LogP contribution in [-0.4, -0.2) is 64.2 Å². The monoisotopic (exact) mass is 316 g/mol. The van der Waals surface area contributed by atoms with Crippen LogP contribution >= 0.6 is 0 Å². The maximum Gasteiger partial charge on any atom is 0.451 e. The second-order valence-corrected chi connectivity index (χ2v) is 5.13. The van der Waals surface area contributed by atoms with Crippen molar-refractivity contribution in [2.45, 2.75) is 12.3 Å². The minimum Gasteiger partial charge on any atom is -0.374 e. The van der Waals surface area contributed by atoms with E-state index >= 15 is 0 Å². The van der Waals surface area contributed by atoms with Gasteiger partial charge in [-0.05, 0) is 7.05 Å². The number of ether oxygens (including phenoxy) is 1. The van der Waals surface area contributed by atoms with Crippen molar-refractivity contribution >= 4 is 17.0 Å². The molecule has 0 bridgehead atoms. The molecule has 2 N–H and O–H groups in total. The molecule has 0 saturated carbocycles. The van der Waals surface area contributed by atoms with Crippen molar-refractivity contribution < 1.29 is 17.9 Å². The van der Waals surface area contributed by atoms with Crippen LogP contribution in [0.15, 0.2) is 6.33 Å². The van der Waals surface area contributed by atoms with Gasteiger partial charge < -0.3 is 19.9 Å². The number of hydrogen-bond acceptors (Lipinski definition) is 6. The highest BCUT2D eigenvalue weighted by atomic mass is 19.4. The molecule has 0 aliphatic carbocycles. The molecule has 0 radical (unpaired) electrons. The van der Waals surface area contributed by atoms with Crippen LogP contribution in [0.5, 0.6) is 0 Å². The number of morpholine rings is 1. The van der Waals surface area contributed by atoms with Gasteiger partial charge in [0.1, 0.15) is 5.52 Å². The van der Waals surface area contributed by atoms with Crippen molar-refractivity contribution in [2.24, 2.45) is 0 Å². The topological polar surface area (TPSA) is 79.0 Å². The Kier molecular flexibility index (Phi) is 3.87. The van der Waals surface area contributed by atoms with Gasteiger partial charge in [0, 0.05) is 19.6 Å². The number of aromatic amines is 1. The van der Waals surface area contributed by atoms with Crippen molar-refractivity contribution in [3.8, 4) is 0 Å². The van der Waals surface area contributed by atoms with Crippen molar-refractivity contribution in [1.29, 1.82) is 0 Å². The summed E-state index contributed by atoms with van der Waals surface area (Å²) in [7, 11) is 1.97. The zero-order valence-electron chi connectivity index (χ0n) is 11.8. The first-order valence-electron chi connectivity index (χ1n) is 6.76. The summed E-state index contributed by atoms with van der Waals surface area (Å²) in [6.07, 6.45) is -3.44. The fourth-order valence-electron chi connectivity index (χ4n) is 2.29. The molecule has 0 amide bonds. The molecule has 1 aliphatic rings. The minimum atomic E-state index is -4.62. The maximum absolute atomic E-state index is 12.8. The smallest absolute Gasteiger partial charge is 0.374 e. The summed E-state index contributed by atoms with van der Waals surface area (Å²) in [6.45, 7) is 2.50. The fraction of sp³-hybridized carbons (Fsp3) is 0.583. The Hall–Kier alpha value is -1.94. The highest BCUT2D eigenvalue weighted by Gasteiger charge is 2.36. The number of fused-ring (bicyclic) bond motifs is 1. The zero-order valence-corrected chi connectivity index (χ0v) is 11.8. The molecule has 2 aromatic rings. The summed E-state index contributed by atoms with van der Waals surface area (Å²) in [5.41, 5.74) is 0.323. The number of likely N-dealkylation sites (N-methyl/N-ethyl adjacent to an activating group) is 1. The Morgan fingerprint density at radius 2 is 2.27 bits per heavy atom. The molecule has 3 heterocycles. The normalized spacial score (nSPS) is 20.5. The molecule has 1 saturated heterocycles. The zero-order chi connectivity index (χ0) is 15.7. The Morgan fingerprint density at radius 1 is 1.45 bits per heavy atom. The molecule has 1 atom stereocenters. The Labute approximate surface area is 123 Å². The van der Waals surface area contributed by atoms with Crippen LogP contribution in [-0.2, 0) is 10.9 Å². The Morgan fingerprint density at radius 3 is 3.00 bits per heavy atom. The number of aromatic nitrogens is 4. The first-order chi connectivity index (χ1) is 10.4. The third-order valence-corrected chi connectivity index (χ3v) is 3.38. The molecule has 1 fully saturated rings. The molecule has 0 aromatic carbocycles. The number of alkyl halides is 3. The third kappa shape index (κ3) is 3.12. The number of H-pyrrole nitrogens is 1. The number of imidazole rings is 1. The van der Waals surface area contributed by atoms with Crippen molar-refractivity contribution in [3.63, 3.8) is 0 Å². The van der Waals surface area contributed by atoms with Gasteiger partial charge in [0.15, 0.2) is 11.5 Å². The fourth-order valence-corrected chi connectivity index (χ4v) is 2.29. The average Bonchev–Trinajstić information content (AvgIpc) is 2.92.